The minimum atomic E-state index is -0.124. The van der Waals surface area contributed by atoms with Gasteiger partial charge in [0, 0.05) is 48.5 Å². The van der Waals surface area contributed by atoms with Gasteiger partial charge in [-0.25, -0.2) is 4.98 Å². The Morgan fingerprint density at radius 2 is 1.93 bits per heavy atom. The zero-order valence-corrected chi connectivity index (χ0v) is 18.0. The number of hydrogen-bond acceptors (Lipinski definition) is 6. The van der Waals surface area contributed by atoms with Gasteiger partial charge in [0.15, 0.2) is 0 Å². The first-order valence-corrected chi connectivity index (χ1v) is 11.4. The topological polar surface area (TPSA) is 83.3 Å². The van der Waals surface area contributed by atoms with E-state index >= 15 is 0 Å². The van der Waals surface area contributed by atoms with Crippen LogP contribution in [0.3, 0.4) is 0 Å². The summed E-state index contributed by atoms with van der Waals surface area (Å²) in [6.45, 7) is 4.71. The number of amides is 1. The Morgan fingerprint density at radius 3 is 2.67 bits per heavy atom. The maximum absolute atomic E-state index is 12.6. The SMILES string of the molecule is Cc1ccc2c(N)c(C(=O)NCCc3ccc(N4CC5CCC(C4)N5)cc3)sc2n1. The molecule has 5 rings (SSSR count). The summed E-state index contributed by atoms with van der Waals surface area (Å²) in [5.74, 6) is -0.124. The number of carbonyl (C=O) groups is 1. The van der Waals surface area contributed by atoms with Crippen LogP contribution in [-0.2, 0) is 6.42 Å². The third-order valence-electron chi connectivity index (χ3n) is 6.16. The van der Waals surface area contributed by atoms with Gasteiger partial charge < -0.3 is 21.3 Å². The molecule has 2 aliphatic rings. The molecule has 6 nitrogen and oxygen atoms in total. The summed E-state index contributed by atoms with van der Waals surface area (Å²) < 4.78 is 0. The van der Waals surface area contributed by atoms with Crippen molar-refractivity contribution in [1.82, 2.24) is 15.6 Å². The summed E-state index contributed by atoms with van der Waals surface area (Å²) in [4.78, 5) is 20.9. The van der Waals surface area contributed by atoms with Crippen LogP contribution in [0.15, 0.2) is 36.4 Å². The summed E-state index contributed by atoms with van der Waals surface area (Å²) in [7, 11) is 0. The van der Waals surface area contributed by atoms with Gasteiger partial charge in [-0.15, -0.1) is 11.3 Å². The van der Waals surface area contributed by atoms with Crippen LogP contribution < -0.4 is 21.3 Å². The normalized spacial score (nSPS) is 20.6. The van der Waals surface area contributed by atoms with E-state index in [1.807, 2.05) is 19.1 Å². The van der Waals surface area contributed by atoms with Crippen LogP contribution >= 0.6 is 11.3 Å². The first kappa shape index (κ1) is 19.3. The van der Waals surface area contributed by atoms with Crippen molar-refractivity contribution in [3.63, 3.8) is 0 Å². The predicted molar refractivity (Wildman–Crippen MR) is 123 cm³/mol. The predicted octanol–water partition coefficient (Wildman–Crippen LogP) is 3.10. The molecule has 2 atom stereocenters. The van der Waals surface area contributed by atoms with Crippen molar-refractivity contribution in [2.75, 3.05) is 30.3 Å². The molecule has 2 unspecified atom stereocenters. The smallest absolute Gasteiger partial charge is 0.263 e. The van der Waals surface area contributed by atoms with E-state index < -0.39 is 0 Å². The molecular formula is C23H27N5OS. The molecule has 4 N–H and O–H groups in total. The Hall–Kier alpha value is -2.64. The molecule has 156 valence electrons. The fourth-order valence-electron chi connectivity index (χ4n) is 4.54. The van der Waals surface area contributed by atoms with E-state index in [4.69, 9.17) is 5.73 Å². The van der Waals surface area contributed by atoms with Crippen LogP contribution in [0.25, 0.3) is 10.2 Å². The minimum Gasteiger partial charge on any atom is -0.397 e. The number of pyridine rings is 1. The summed E-state index contributed by atoms with van der Waals surface area (Å²) in [5.41, 5.74) is 10.1. The molecule has 1 amide bonds. The highest BCUT2D eigenvalue weighted by molar-refractivity contribution is 7.21. The number of carbonyl (C=O) groups excluding carboxylic acids is 1. The van der Waals surface area contributed by atoms with E-state index in [0.717, 1.165) is 35.4 Å². The second-order valence-corrected chi connectivity index (χ2v) is 9.36. The first-order valence-electron chi connectivity index (χ1n) is 10.6. The number of nitrogens with zero attached hydrogens (tertiary/aromatic N) is 2. The molecule has 2 fully saturated rings. The molecule has 0 radical (unpaired) electrons. The average Bonchev–Trinajstić information content (AvgIpc) is 3.26. The number of piperazine rings is 1. The highest BCUT2D eigenvalue weighted by Gasteiger charge is 2.32. The van der Waals surface area contributed by atoms with Gasteiger partial charge in [-0.2, -0.15) is 0 Å². The molecule has 2 aromatic heterocycles. The lowest BCUT2D eigenvalue weighted by Crippen LogP contribution is -2.51. The Kier molecular flexibility index (Phi) is 5.08. The highest BCUT2D eigenvalue weighted by atomic mass is 32.1. The fraction of sp³-hybridized carbons (Fsp3) is 0.391. The average molecular weight is 422 g/mol. The summed E-state index contributed by atoms with van der Waals surface area (Å²) in [6, 6.07) is 13.9. The number of nitrogens with one attached hydrogen (secondary N) is 2. The second kappa shape index (κ2) is 7.89. The zero-order valence-electron chi connectivity index (χ0n) is 17.1. The van der Waals surface area contributed by atoms with Crippen LogP contribution in [0.2, 0.25) is 0 Å². The lowest BCUT2D eigenvalue weighted by Gasteiger charge is -2.34. The van der Waals surface area contributed by atoms with Gasteiger partial charge in [0.25, 0.3) is 5.91 Å². The zero-order chi connectivity index (χ0) is 20.7. The molecule has 0 saturated carbocycles. The van der Waals surface area contributed by atoms with Crippen LogP contribution in [0.5, 0.6) is 0 Å². The van der Waals surface area contributed by atoms with E-state index in [9.17, 15) is 4.79 Å². The molecule has 1 aromatic carbocycles. The lowest BCUT2D eigenvalue weighted by atomic mass is 10.1. The number of fused-ring (bicyclic) bond motifs is 3. The molecule has 30 heavy (non-hydrogen) atoms. The van der Waals surface area contributed by atoms with Gasteiger partial charge in [-0.1, -0.05) is 12.1 Å². The number of nitrogens with two attached hydrogens (primary N) is 1. The van der Waals surface area contributed by atoms with Crippen LogP contribution in [0, 0.1) is 6.92 Å². The molecule has 0 aliphatic carbocycles. The van der Waals surface area contributed by atoms with Crippen LogP contribution in [-0.4, -0.2) is 42.6 Å². The first-order chi connectivity index (χ1) is 14.6. The number of aromatic nitrogens is 1. The summed E-state index contributed by atoms with van der Waals surface area (Å²) in [5, 5.41) is 7.54. The highest BCUT2D eigenvalue weighted by Crippen LogP contribution is 2.32. The fourth-order valence-corrected chi connectivity index (χ4v) is 5.60. The number of aryl methyl sites for hydroxylation is 1. The quantitative estimate of drug-likeness (QED) is 0.590. The number of rotatable bonds is 5. The maximum atomic E-state index is 12.6. The molecule has 0 spiro atoms. The van der Waals surface area contributed by atoms with E-state index in [-0.39, 0.29) is 5.91 Å². The van der Waals surface area contributed by atoms with Crippen molar-refractivity contribution in [2.24, 2.45) is 0 Å². The van der Waals surface area contributed by atoms with Crippen molar-refractivity contribution in [3.8, 4) is 0 Å². The van der Waals surface area contributed by atoms with E-state index in [2.05, 4.69) is 44.8 Å². The van der Waals surface area contributed by atoms with Crippen molar-refractivity contribution >= 4 is 38.8 Å². The van der Waals surface area contributed by atoms with Gasteiger partial charge in [-0.05, 0) is 56.0 Å². The second-order valence-electron chi connectivity index (χ2n) is 8.37. The molecular weight excluding hydrogens is 394 g/mol. The Balaban J connectivity index is 1.18. The van der Waals surface area contributed by atoms with Crippen molar-refractivity contribution in [3.05, 3.63) is 52.5 Å². The number of anilines is 2. The third kappa shape index (κ3) is 3.75. The maximum Gasteiger partial charge on any atom is 0.263 e. The van der Waals surface area contributed by atoms with Gasteiger partial charge >= 0.3 is 0 Å². The largest absolute Gasteiger partial charge is 0.397 e. The van der Waals surface area contributed by atoms with Gasteiger partial charge in [-0.3, -0.25) is 4.79 Å². The standard InChI is InChI=1S/C23H27N5OS/c1-14-2-9-19-20(24)21(30-23(19)26-14)22(29)25-11-10-15-3-7-18(8-4-15)28-12-16-5-6-17(13-28)27-16/h2-4,7-9,16-17,27H,5-6,10-13,24H2,1H3,(H,25,29). The molecule has 3 aromatic rings. The number of benzene rings is 1. The van der Waals surface area contributed by atoms with Crippen molar-refractivity contribution in [1.29, 1.82) is 0 Å². The number of nitrogen functional groups attached to an aromatic ring is 1. The van der Waals surface area contributed by atoms with Crippen LogP contribution in [0.4, 0.5) is 11.4 Å². The Bertz CT molecular complexity index is 1070. The van der Waals surface area contributed by atoms with Crippen molar-refractivity contribution < 1.29 is 4.79 Å². The minimum absolute atomic E-state index is 0.124. The van der Waals surface area contributed by atoms with Gasteiger partial charge in [0.1, 0.15) is 9.71 Å². The van der Waals surface area contributed by atoms with E-state index in [0.29, 0.717) is 29.2 Å². The number of hydrogen-bond donors (Lipinski definition) is 3. The van der Waals surface area contributed by atoms with Gasteiger partial charge in [0.2, 0.25) is 0 Å². The van der Waals surface area contributed by atoms with E-state index in [1.165, 1.54) is 35.4 Å². The monoisotopic (exact) mass is 421 g/mol. The Morgan fingerprint density at radius 1 is 1.20 bits per heavy atom. The third-order valence-corrected chi connectivity index (χ3v) is 7.27. The molecule has 2 bridgehead atoms. The summed E-state index contributed by atoms with van der Waals surface area (Å²) in [6.07, 6.45) is 3.37. The number of thiophene rings is 1. The Labute approximate surface area is 180 Å². The lowest BCUT2D eigenvalue weighted by molar-refractivity contribution is 0.0959. The molecule has 2 aliphatic heterocycles. The summed E-state index contributed by atoms with van der Waals surface area (Å²) >= 11 is 1.36. The van der Waals surface area contributed by atoms with Crippen LogP contribution in [0.1, 0.15) is 33.8 Å². The molecule has 2 saturated heterocycles. The molecule has 7 heteroatoms. The van der Waals surface area contributed by atoms with E-state index in [1.54, 1.807) is 0 Å². The molecule has 4 heterocycles. The van der Waals surface area contributed by atoms with Crippen molar-refractivity contribution in [2.45, 2.75) is 38.3 Å². The van der Waals surface area contributed by atoms with Gasteiger partial charge in [0.05, 0.1) is 5.69 Å².